The highest BCUT2D eigenvalue weighted by atomic mass is 32.1. The maximum Gasteiger partial charge on any atom is 0.202 e. The number of thiazole rings is 1. The van der Waals surface area contributed by atoms with Gasteiger partial charge < -0.3 is 5.32 Å². The summed E-state index contributed by atoms with van der Waals surface area (Å²) in [6.45, 7) is 6.33. The van der Waals surface area contributed by atoms with Gasteiger partial charge in [-0.05, 0) is 38.8 Å². The number of aryl methyl sites for hydroxylation is 1. The Bertz CT molecular complexity index is 821. The quantitative estimate of drug-likeness (QED) is 0.686. The first kappa shape index (κ1) is 17.6. The molecule has 0 aliphatic carbocycles. The van der Waals surface area contributed by atoms with Crippen molar-refractivity contribution in [2.45, 2.75) is 26.3 Å². The molecule has 0 spiro atoms. The Morgan fingerprint density at radius 3 is 2.69 bits per heavy atom. The lowest BCUT2D eigenvalue weighted by Gasteiger charge is -2.31. The molecule has 1 aromatic carbocycles. The molecule has 4 rings (SSSR count). The molecule has 2 aromatic heterocycles. The molecule has 0 saturated carbocycles. The molecule has 5 nitrogen and oxygen atoms in total. The van der Waals surface area contributed by atoms with E-state index < -0.39 is 0 Å². The van der Waals surface area contributed by atoms with Crippen molar-refractivity contribution in [1.29, 1.82) is 0 Å². The van der Waals surface area contributed by atoms with Gasteiger partial charge in [-0.1, -0.05) is 30.3 Å². The summed E-state index contributed by atoms with van der Waals surface area (Å²) in [7, 11) is 0. The Hall–Kier alpha value is -1.83. The number of hydrogen-bond acceptors (Lipinski definition) is 7. The fraction of sp³-hybridized carbons (Fsp3) is 0.421. The first-order chi connectivity index (χ1) is 12.8. The molecular weight excluding hydrogens is 362 g/mol. The highest BCUT2D eigenvalue weighted by Crippen LogP contribution is 2.23. The van der Waals surface area contributed by atoms with E-state index in [9.17, 15) is 0 Å². The van der Waals surface area contributed by atoms with Gasteiger partial charge in [-0.15, -0.1) is 11.3 Å². The van der Waals surface area contributed by atoms with Crippen LogP contribution in [0.4, 0.5) is 5.13 Å². The van der Waals surface area contributed by atoms with Crippen molar-refractivity contribution in [3.05, 3.63) is 46.4 Å². The van der Waals surface area contributed by atoms with Crippen LogP contribution in [0, 0.1) is 12.8 Å². The first-order valence-corrected chi connectivity index (χ1v) is 10.7. The van der Waals surface area contributed by atoms with Crippen LogP contribution in [0.5, 0.6) is 0 Å². The van der Waals surface area contributed by atoms with Crippen LogP contribution in [0.2, 0.25) is 0 Å². The molecule has 0 atom stereocenters. The molecule has 7 heteroatoms. The standard InChI is InChI=1S/C19H23N5S2/c1-14-21-17(13-25-14)12-24-9-7-15(8-10-24)11-20-19-22-18(23-26-19)16-5-3-2-4-6-16/h2-6,13,15H,7-12H2,1H3,(H,20,22,23). The van der Waals surface area contributed by atoms with Crippen LogP contribution in [0.3, 0.4) is 0 Å². The van der Waals surface area contributed by atoms with E-state index in [1.54, 1.807) is 11.3 Å². The molecular formula is C19H23N5S2. The molecule has 136 valence electrons. The second-order valence-electron chi connectivity index (χ2n) is 6.75. The monoisotopic (exact) mass is 385 g/mol. The third kappa shape index (κ3) is 4.47. The lowest BCUT2D eigenvalue weighted by atomic mass is 9.97. The fourth-order valence-electron chi connectivity index (χ4n) is 3.29. The molecule has 26 heavy (non-hydrogen) atoms. The lowest BCUT2D eigenvalue weighted by Crippen LogP contribution is -2.35. The lowest BCUT2D eigenvalue weighted by molar-refractivity contribution is 0.181. The Kier molecular flexibility index (Phi) is 5.57. The minimum atomic E-state index is 0.701. The Morgan fingerprint density at radius 1 is 1.15 bits per heavy atom. The first-order valence-electron chi connectivity index (χ1n) is 9.02. The van der Waals surface area contributed by atoms with Gasteiger partial charge in [0.25, 0.3) is 0 Å². The number of benzene rings is 1. The highest BCUT2D eigenvalue weighted by molar-refractivity contribution is 7.10. The summed E-state index contributed by atoms with van der Waals surface area (Å²) in [5.74, 6) is 1.51. The van der Waals surface area contributed by atoms with Crippen molar-refractivity contribution in [2.75, 3.05) is 25.0 Å². The number of rotatable bonds is 6. The molecule has 1 fully saturated rings. The predicted molar refractivity (Wildman–Crippen MR) is 109 cm³/mol. The minimum absolute atomic E-state index is 0.701. The van der Waals surface area contributed by atoms with E-state index in [4.69, 9.17) is 0 Å². The van der Waals surface area contributed by atoms with E-state index >= 15 is 0 Å². The van der Waals surface area contributed by atoms with Crippen molar-refractivity contribution in [1.82, 2.24) is 19.2 Å². The van der Waals surface area contributed by atoms with Gasteiger partial charge in [-0.2, -0.15) is 9.36 Å². The zero-order valence-electron chi connectivity index (χ0n) is 14.9. The van der Waals surface area contributed by atoms with E-state index in [0.717, 1.165) is 47.7 Å². The summed E-state index contributed by atoms with van der Waals surface area (Å²) >= 11 is 3.19. The summed E-state index contributed by atoms with van der Waals surface area (Å²) in [5.41, 5.74) is 2.29. The highest BCUT2D eigenvalue weighted by Gasteiger charge is 2.20. The van der Waals surface area contributed by atoms with E-state index in [0.29, 0.717) is 5.92 Å². The second kappa shape index (κ2) is 8.24. The fourth-order valence-corrected chi connectivity index (χ4v) is 4.49. The van der Waals surface area contributed by atoms with Gasteiger partial charge >= 0.3 is 0 Å². The van der Waals surface area contributed by atoms with Gasteiger partial charge in [0, 0.05) is 35.6 Å². The number of hydrogen-bond donors (Lipinski definition) is 1. The molecule has 3 aromatic rings. The molecule has 1 aliphatic heterocycles. The number of anilines is 1. The minimum Gasteiger partial charge on any atom is -0.360 e. The summed E-state index contributed by atoms with van der Waals surface area (Å²) in [5, 5.41) is 7.75. The molecule has 1 aliphatic rings. The van der Waals surface area contributed by atoms with E-state index in [1.165, 1.54) is 30.1 Å². The summed E-state index contributed by atoms with van der Waals surface area (Å²) in [4.78, 5) is 11.7. The van der Waals surface area contributed by atoms with Crippen LogP contribution >= 0.6 is 22.9 Å². The van der Waals surface area contributed by atoms with Crippen molar-refractivity contribution in [3.8, 4) is 11.4 Å². The average molecular weight is 386 g/mol. The molecule has 0 amide bonds. The molecule has 3 heterocycles. The molecule has 1 N–H and O–H groups in total. The third-order valence-corrected chi connectivity index (χ3v) is 6.25. The Balaban J connectivity index is 1.23. The normalized spacial score (nSPS) is 16.0. The van der Waals surface area contributed by atoms with Gasteiger partial charge in [0.1, 0.15) is 0 Å². The summed E-state index contributed by atoms with van der Waals surface area (Å²) in [6.07, 6.45) is 2.45. The predicted octanol–water partition coefficient (Wildman–Crippen LogP) is 4.29. The average Bonchev–Trinajstić information content (AvgIpc) is 3.31. The van der Waals surface area contributed by atoms with E-state index in [1.807, 2.05) is 30.3 Å². The van der Waals surface area contributed by atoms with Gasteiger partial charge in [0.15, 0.2) is 5.82 Å². The van der Waals surface area contributed by atoms with Crippen LogP contribution in [-0.4, -0.2) is 38.9 Å². The van der Waals surface area contributed by atoms with Crippen LogP contribution in [-0.2, 0) is 6.54 Å². The van der Waals surface area contributed by atoms with E-state index in [2.05, 4.69) is 36.9 Å². The molecule has 0 radical (unpaired) electrons. The zero-order chi connectivity index (χ0) is 17.8. The van der Waals surface area contributed by atoms with Gasteiger partial charge in [-0.3, -0.25) is 4.90 Å². The zero-order valence-corrected chi connectivity index (χ0v) is 16.5. The largest absolute Gasteiger partial charge is 0.360 e. The van der Waals surface area contributed by atoms with Gasteiger partial charge in [0.05, 0.1) is 10.7 Å². The third-order valence-electron chi connectivity index (χ3n) is 4.76. The van der Waals surface area contributed by atoms with Crippen LogP contribution < -0.4 is 5.32 Å². The number of nitrogens with zero attached hydrogens (tertiary/aromatic N) is 4. The molecule has 0 unspecified atom stereocenters. The van der Waals surface area contributed by atoms with Gasteiger partial charge in [-0.25, -0.2) is 4.98 Å². The van der Waals surface area contributed by atoms with Crippen molar-refractivity contribution in [2.24, 2.45) is 5.92 Å². The van der Waals surface area contributed by atoms with Crippen molar-refractivity contribution in [3.63, 3.8) is 0 Å². The van der Waals surface area contributed by atoms with Crippen molar-refractivity contribution >= 4 is 28.0 Å². The van der Waals surface area contributed by atoms with Crippen molar-refractivity contribution < 1.29 is 0 Å². The number of aromatic nitrogens is 3. The van der Waals surface area contributed by atoms with E-state index in [-0.39, 0.29) is 0 Å². The molecule has 0 bridgehead atoms. The molecule has 1 saturated heterocycles. The van der Waals surface area contributed by atoms with Crippen LogP contribution in [0.1, 0.15) is 23.5 Å². The number of likely N-dealkylation sites (tertiary alicyclic amines) is 1. The topological polar surface area (TPSA) is 53.9 Å². The maximum atomic E-state index is 4.62. The number of nitrogens with one attached hydrogen (secondary N) is 1. The van der Waals surface area contributed by atoms with Crippen LogP contribution in [0.15, 0.2) is 35.7 Å². The smallest absolute Gasteiger partial charge is 0.202 e. The second-order valence-corrected chi connectivity index (χ2v) is 8.56. The van der Waals surface area contributed by atoms with Gasteiger partial charge in [0.2, 0.25) is 5.13 Å². The SMILES string of the molecule is Cc1nc(CN2CCC(CNc3nc(-c4ccccc4)ns3)CC2)cs1. The maximum absolute atomic E-state index is 4.62. The summed E-state index contributed by atoms with van der Waals surface area (Å²) in [6, 6.07) is 10.1. The summed E-state index contributed by atoms with van der Waals surface area (Å²) < 4.78 is 4.46. The Morgan fingerprint density at radius 2 is 1.96 bits per heavy atom. The van der Waals surface area contributed by atoms with Crippen LogP contribution in [0.25, 0.3) is 11.4 Å². The number of piperidine rings is 1. The Labute approximate surface area is 162 Å².